The number of aliphatic hydroxyl groups is 1. The average molecular weight is 358 g/mol. The fourth-order valence-corrected chi connectivity index (χ4v) is 4.36. The Morgan fingerprint density at radius 2 is 2.15 bits per heavy atom. The van der Waals surface area contributed by atoms with Crippen molar-refractivity contribution >= 4 is 16.8 Å². The summed E-state index contributed by atoms with van der Waals surface area (Å²) in [5.41, 5.74) is 3.49. The minimum absolute atomic E-state index is 0.0651. The number of aromatic amines is 1. The molecule has 2 aromatic rings. The lowest BCUT2D eigenvalue weighted by Crippen LogP contribution is -2.44. The minimum atomic E-state index is -0.460. The lowest BCUT2D eigenvalue weighted by Gasteiger charge is -2.36. The Labute approximate surface area is 153 Å². The number of nitrogens with one attached hydrogen (secondary N) is 1. The van der Waals surface area contributed by atoms with Crippen LogP contribution in [-0.4, -0.2) is 53.9 Å². The first-order valence-electron chi connectivity index (χ1n) is 9.27. The third-order valence-electron chi connectivity index (χ3n) is 5.90. The summed E-state index contributed by atoms with van der Waals surface area (Å²) in [4.78, 5) is 18.5. The van der Waals surface area contributed by atoms with E-state index < -0.39 is 6.10 Å². The van der Waals surface area contributed by atoms with Crippen molar-refractivity contribution in [2.45, 2.75) is 44.4 Å². The van der Waals surface area contributed by atoms with Crippen molar-refractivity contribution in [3.8, 4) is 5.75 Å². The SMILES string of the molecule is COc1ccc2[nH]c3c(c2c1)CN(C(=O)[C@@H]1CC[C@H](O)[C@H](OC)C1)CC3. The van der Waals surface area contributed by atoms with Gasteiger partial charge in [0.2, 0.25) is 5.91 Å². The predicted molar refractivity (Wildman–Crippen MR) is 98.1 cm³/mol. The molecule has 1 aromatic carbocycles. The fourth-order valence-electron chi connectivity index (χ4n) is 4.36. The summed E-state index contributed by atoms with van der Waals surface area (Å²) in [5.74, 6) is 0.943. The third-order valence-corrected chi connectivity index (χ3v) is 5.90. The molecule has 1 amide bonds. The van der Waals surface area contributed by atoms with E-state index in [9.17, 15) is 9.90 Å². The Morgan fingerprint density at radius 3 is 2.92 bits per heavy atom. The molecule has 6 nitrogen and oxygen atoms in total. The molecular weight excluding hydrogens is 332 g/mol. The van der Waals surface area contributed by atoms with Crippen molar-refractivity contribution in [2.75, 3.05) is 20.8 Å². The van der Waals surface area contributed by atoms with Gasteiger partial charge in [-0.2, -0.15) is 0 Å². The molecule has 1 fully saturated rings. The summed E-state index contributed by atoms with van der Waals surface area (Å²) in [7, 11) is 3.27. The molecule has 1 aromatic heterocycles. The maximum absolute atomic E-state index is 13.1. The van der Waals surface area contributed by atoms with Gasteiger partial charge in [-0.05, 0) is 37.5 Å². The standard InChI is InChI=1S/C20H26N2O4/c1-25-13-4-5-16-14(10-13)15-11-22(8-7-17(15)21-16)20(24)12-3-6-18(23)19(9-12)26-2/h4-5,10,12,18-19,21,23H,3,6-9,11H2,1-2H3/t12-,18+,19-/m1/s1. The number of carbonyl (C=O) groups excluding carboxylic acids is 1. The Hall–Kier alpha value is -2.05. The van der Waals surface area contributed by atoms with Gasteiger partial charge < -0.3 is 24.5 Å². The van der Waals surface area contributed by atoms with Gasteiger partial charge in [0.05, 0.1) is 19.3 Å². The van der Waals surface area contributed by atoms with E-state index in [0.29, 0.717) is 19.4 Å². The van der Waals surface area contributed by atoms with Gasteiger partial charge in [0.1, 0.15) is 5.75 Å². The van der Waals surface area contributed by atoms with Crippen LogP contribution in [0, 0.1) is 5.92 Å². The fraction of sp³-hybridized carbons (Fsp3) is 0.550. The highest BCUT2D eigenvalue weighted by Crippen LogP contribution is 2.33. The molecule has 0 radical (unpaired) electrons. The average Bonchev–Trinajstić information content (AvgIpc) is 3.04. The highest BCUT2D eigenvalue weighted by atomic mass is 16.5. The zero-order valence-corrected chi connectivity index (χ0v) is 15.3. The zero-order chi connectivity index (χ0) is 18.3. The maximum atomic E-state index is 13.1. The van der Waals surface area contributed by atoms with E-state index in [-0.39, 0.29) is 17.9 Å². The molecule has 1 aliphatic carbocycles. The molecule has 0 bridgehead atoms. The first-order chi connectivity index (χ1) is 12.6. The second kappa shape index (κ2) is 6.93. The third kappa shape index (κ3) is 2.97. The van der Waals surface area contributed by atoms with E-state index >= 15 is 0 Å². The van der Waals surface area contributed by atoms with E-state index in [1.165, 1.54) is 11.3 Å². The second-order valence-electron chi connectivity index (χ2n) is 7.35. The van der Waals surface area contributed by atoms with E-state index in [4.69, 9.17) is 9.47 Å². The molecule has 0 spiro atoms. The number of ether oxygens (including phenoxy) is 2. The van der Waals surface area contributed by atoms with E-state index in [2.05, 4.69) is 4.98 Å². The number of fused-ring (bicyclic) bond motifs is 3. The Balaban J connectivity index is 1.55. The summed E-state index contributed by atoms with van der Waals surface area (Å²) in [6.45, 7) is 1.35. The van der Waals surface area contributed by atoms with Gasteiger partial charge >= 0.3 is 0 Å². The van der Waals surface area contributed by atoms with Gasteiger partial charge in [0, 0.05) is 54.7 Å². The largest absolute Gasteiger partial charge is 0.497 e. The second-order valence-corrected chi connectivity index (χ2v) is 7.35. The minimum Gasteiger partial charge on any atom is -0.497 e. The highest BCUT2D eigenvalue weighted by Gasteiger charge is 2.36. The Kier molecular flexibility index (Phi) is 4.63. The van der Waals surface area contributed by atoms with Crippen LogP contribution in [0.5, 0.6) is 5.75 Å². The first-order valence-corrected chi connectivity index (χ1v) is 9.27. The number of aliphatic hydroxyl groups excluding tert-OH is 1. The van der Waals surface area contributed by atoms with E-state index in [1.54, 1.807) is 14.2 Å². The van der Waals surface area contributed by atoms with Crippen LogP contribution in [0.1, 0.15) is 30.5 Å². The summed E-state index contributed by atoms with van der Waals surface area (Å²) >= 11 is 0. The highest BCUT2D eigenvalue weighted by molar-refractivity contribution is 5.87. The van der Waals surface area contributed by atoms with Crippen LogP contribution in [0.15, 0.2) is 18.2 Å². The summed E-state index contributed by atoms with van der Waals surface area (Å²) in [5, 5.41) is 11.1. The van der Waals surface area contributed by atoms with Gasteiger partial charge in [-0.25, -0.2) is 0 Å². The number of methoxy groups -OCH3 is 2. The molecule has 4 rings (SSSR count). The maximum Gasteiger partial charge on any atom is 0.226 e. The monoisotopic (exact) mass is 358 g/mol. The topological polar surface area (TPSA) is 74.8 Å². The Morgan fingerprint density at radius 1 is 1.31 bits per heavy atom. The van der Waals surface area contributed by atoms with Crippen molar-refractivity contribution in [3.63, 3.8) is 0 Å². The number of H-pyrrole nitrogens is 1. The number of hydrogen-bond donors (Lipinski definition) is 2. The van der Waals surface area contributed by atoms with Crippen molar-refractivity contribution in [1.82, 2.24) is 9.88 Å². The van der Waals surface area contributed by atoms with Crippen LogP contribution >= 0.6 is 0 Å². The quantitative estimate of drug-likeness (QED) is 0.882. The number of amides is 1. The smallest absolute Gasteiger partial charge is 0.226 e. The molecule has 2 aliphatic rings. The van der Waals surface area contributed by atoms with Crippen LogP contribution in [0.25, 0.3) is 10.9 Å². The first kappa shape index (κ1) is 17.4. The molecule has 0 saturated heterocycles. The molecule has 1 saturated carbocycles. The number of hydrogen-bond acceptors (Lipinski definition) is 4. The van der Waals surface area contributed by atoms with Crippen LogP contribution < -0.4 is 4.74 Å². The number of nitrogens with zero attached hydrogens (tertiary/aromatic N) is 1. The van der Waals surface area contributed by atoms with Crippen molar-refractivity contribution in [3.05, 3.63) is 29.5 Å². The lowest BCUT2D eigenvalue weighted by atomic mass is 9.84. The Bertz CT molecular complexity index is 815. The van der Waals surface area contributed by atoms with Crippen LogP contribution in [0.2, 0.25) is 0 Å². The van der Waals surface area contributed by atoms with Gasteiger partial charge in [-0.1, -0.05) is 0 Å². The summed E-state index contributed by atoms with van der Waals surface area (Å²) in [6, 6.07) is 6.02. The van der Waals surface area contributed by atoms with Crippen molar-refractivity contribution < 1.29 is 19.4 Å². The molecule has 1 aliphatic heterocycles. The molecule has 6 heteroatoms. The molecule has 2 heterocycles. The van der Waals surface area contributed by atoms with Gasteiger partial charge in [0.25, 0.3) is 0 Å². The normalized spacial score (nSPS) is 26.0. The number of carbonyl (C=O) groups is 1. The lowest BCUT2D eigenvalue weighted by molar-refractivity contribution is -0.141. The molecule has 0 unspecified atom stereocenters. The van der Waals surface area contributed by atoms with Crippen LogP contribution in [-0.2, 0) is 22.5 Å². The van der Waals surface area contributed by atoms with Gasteiger partial charge in [-0.15, -0.1) is 0 Å². The van der Waals surface area contributed by atoms with Gasteiger partial charge in [-0.3, -0.25) is 4.79 Å². The predicted octanol–water partition coefficient (Wildman–Crippen LogP) is 2.24. The molecule has 3 atom stereocenters. The number of benzene rings is 1. The number of rotatable bonds is 3. The van der Waals surface area contributed by atoms with Crippen molar-refractivity contribution in [2.24, 2.45) is 5.92 Å². The van der Waals surface area contributed by atoms with Crippen molar-refractivity contribution in [1.29, 1.82) is 0 Å². The van der Waals surface area contributed by atoms with Crippen LogP contribution in [0.3, 0.4) is 0 Å². The summed E-state index contributed by atoms with van der Waals surface area (Å²) in [6.07, 6.45) is 2.08. The van der Waals surface area contributed by atoms with Crippen LogP contribution in [0.4, 0.5) is 0 Å². The van der Waals surface area contributed by atoms with E-state index in [1.807, 2.05) is 23.1 Å². The molecular formula is C20H26N2O4. The molecule has 140 valence electrons. The van der Waals surface area contributed by atoms with Gasteiger partial charge in [0.15, 0.2) is 0 Å². The molecule has 26 heavy (non-hydrogen) atoms. The summed E-state index contributed by atoms with van der Waals surface area (Å²) < 4.78 is 10.7. The molecule has 2 N–H and O–H groups in total. The zero-order valence-electron chi connectivity index (χ0n) is 15.3. The number of aromatic nitrogens is 1. The van der Waals surface area contributed by atoms with E-state index in [0.717, 1.165) is 36.0 Å².